The van der Waals surface area contributed by atoms with Crippen molar-refractivity contribution in [2.24, 2.45) is 5.92 Å². The van der Waals surface area contributed by atoms with E-state index in [9.17, 15) is 26.4 Å². The molecule has 45 heavy (non-hydrogen) atoms. The molecule has 2 heterocycles. The number of halogens is 3. The van der Waals surface area contributed by atoms with Gasteiger partial charge in [0.15, 0.2) is 0 Å². The molecule has 3 aliphatic rings. The van der Waals surface area contributed by atoms with Crippen LogP contribution in [0.15, 0.2) is 42.6 Å². The number of aromatic nitrogens is 2. The Hall–Kier alpha value is -3.54. The van der Waals surface area contributed by atoms with Crippen molar-refractivity contribution in [1.29, 1.82) is 0 Å². The second-order valence-corrected chi connectivity index (χ2v) is 15.2. The summed E-state index contributed by atoms with van der Waals surface area (Å²) in [6.07, 6.45) is 7.25. The van der Waals surface area contributed by atoms with Gasteiger partial charge in [0.2, 0.25) is 0 Å². The van der Waals surface area contributed by atoms with E-state index < -0.39 is 21.2 Å². The monoisotopic (exact) mass is 645 g/mol. The Balaban J connectivity index is 1.29. The average molecular weight is 646 g/mol. The van der Waals surface area contributed by atoms with E-state index in [1.807, 2.05) is 51.2 Å². The van der Waals surface area contributed by atoms with Gasteiger partial charge in [0.05, 0.1) is 11.7 Å². The van der Waals surface area contributed by atoms with E-state index in [1.54, 1.807) is 11.0 Å². The number of alkyl halides is 3. The number of imidazole rings is 1. The molecule has 6 rings (SSSR count). The Labute approximate surface area is 261 Å². The van der Waals surface area contributed by atoms with Gasteiger partial charge in [-0.15, -0.1) is 0 Å². The van der Waals surface area contributed by atoms with Gasteiger partial charge in [0.1, 0.15) is 17.2 Å². The largest absolute Gasteiger partial charge is 0.534 e. The highest BCUT2D eigenvalue weighted by molar-refractivity contribution is 7.88. The molecule has 242 valence electrons. The molecule has 1 spiro atoms. The third kappa shape index (κ3) is 5.93. The second-order valence-electron chi connectivity index (χ2n) is 13.7. The number of H-pyrrole nitrogens is 1. The zero-order chi connectivity index (χ0) is 32.4. The van der Waals surface area contributed by atoms with Crippen LogP contribution in [-0.4, -0.2) is 47.0 Å². The van der Waals surface area contributed by atoms with Gasteiger partial charge in [0, 0.05) is 23.9 Å². The summed E-state index contributed by atoms with van der Waals surface area (Å²) in [4.78, 5) is 22.7. The van der Waals surface area contributed by atoms with Crippen molar-refractivity contribution in [2.45, 2.75) is 95.2 Å². The van der Waals surface area contributed by atoms with Crippen LogP contribution in [0.4, 0.5) is 18.0 Å². The molecule has 3 aromatic rings. The predicted octanol–water partition coefficient (Wildman–Crippen LogP) is 8.05. The number of nitrogens with one attached hydrogen (secondary N) is 1. The van der Waals surface area contributed by atoms with E-state index in [-0.39, 0.29) is 23.3 Å². The third-order valence-electron chi connectivity index (χ3n) is 9.24. The number of rotatable bonds is 5. The summed E-state index contributed by atoms with van der Waals surface area (Å²) in [7, 11) is -5.78. The van der Waals surface area contributed by atoms with Gasteiger partial charge < -0.3 is 13.9 Å². The van der Waals surface area contributed by atoms with Crippen molar-refractivity contribution in [3.05, 3.63) is 59.5 Å². The molecule has 1 saturated carbocycles. The highest BCUT2D eigenvalue weighted by Crippen LogP contribution is 2.55. The first-order valence-electron chi connectivity index (χ1n) is 15.4. The molecule has 1 aromatic heterocycles. The first kappa shape index (κ1) is 31.4. The van der Waals surface area contributed by atoms with E-state index in [1.165, 1.54) is 6.07 Å². The number of amides is 1. The van der Waals surface area contributed by atoms with E-state index in [0.29, 0.717) is 30.3 Å². The van der Waals surface area contributed by atoms with E-state index in [4.69, 9.17) is 9.72 Å². The van der Waals surface area contributed by atoms with Crippen molar-refractivity contribution in [2.75, 3.05) is 6.54 Å². The number of aromatic amines is 1. The number of carbonyl (C=O) groups is 1. The van der Waals surface area contributed by atoms with Gasteiger partial charge in [-0.3, -0.25) is 4.90 Å². The Morgan fingerprint density at radius 1 is 1.02 bits per heavy atom. The highest BCUT2D eigenvalue weighted by Gasteiger charge is 2.50. The molecule has 12 heteroatoms. The minimum absolute atomic E-state index is 0.208. The van der Waals surface area contributed by atoms with Crippen LogP contribution in [-0.2, 0) is 26.7 Å². The van der Waals surface area contributed by atoms with Crippen LogP contribution in [0.3, 0.4) is 0 Å². The molecule has 2 fully saturated rings. The van der Waals surface area contributed by atoms with E-state index in [2.05, 4.69) is 16.1 Å². The maximum atomic E-state index is 13.2. The molecule has 0 bridgehead atoms. The number of nitrogens with zero attached hydrogens (tertiary/aromatic N) is 2. The number of carbonyl (C=O) groups excluding carboxylic acids is 1. The molecule has 1 aliphatic heterocycles. The van der Waals surface area contributed by atoms with Crippen molar-refractivity contribution in [1.82, 2.24) is 14.9 Å². The third-order valence-corrected chi connectivity index (χ3v) is 10.2. The minimum Gasteiger partial charge on any atom is -0.444 e. The maximum Gasteiger partial charge on any atom is 0.534 e. The molecule has 2 aliphatic carbocycles. The van der Waals surface area contributed by atoms with Crippen LogP contribution in [0.2, 0.25) is 0 Å². The van der Waals surface area contributed by atoms with Crippen molar-refractivity contribution < 1.29 is 35.3 Å². The lowest BCUT2D eigenvalue weighted by Gasteiger charge is -2.28. The molecule has 8 nitrogen and oxygen atoms in total. The van der Waals surface area contributed by atoms with Crippen LogP contribution in [0, 0.1) is 5.92 Å². The Bertz CT molecular complexity index is 1700. The minimum atomic E-state index is -5.78. The lowest BCUT2D eigenvalue weighted by atomic mass is 9.77. The van der Waals surface area contributed by atoms with Gasteiger partial charge >= 0.3 is 21.7 Å². The fourth-order valence-electron chi connectivity index (χ4n) is 7.31. The molecule has 2 aromatic carbocycles. The zero-order valence-corrected chi connectivity index (χ0v) is 26.6. The molecular formula is C33H38F3N3O5S. The number of benzene rings is 2. The lowest BCUT2D eigenvalue weighted by molar-refractivity contribution is -0.0500. The Kier molecular flexibility index (Phi) is 7.73. The first-order chi connectivity index (χ1) is 21.1. The lowest BCUT2D eigenvalue weighted by Crippen LogP contribution is -2.37. The topological polar surface area (TPSA) is 102 Å². The first-order valence-corrected chi connectivity index (χ1v) is 16.8. The fourth-order valence-corrected chi connectivity index (χ4v) is 7.80. The van der Waals surface area contributed by atoms with Gasteiger partial charge in [-0.2, -0.15) is 21.6 Å². The van der Waals surface area contributed by atoms with Crippen LogP contribution < -0.4 is 4.18 Å². The second kappa shape index (κ2) is 11.1. The highest BCUT2D eigenvalue weighted by atomic mass is 32.2. The molecule has 1 N–H and O–H groups in total. The summed E-state index contributed by atoms with van der Waals surface area (Å²) >= 11 is 0. The zero-order valence-electron chi connectivity index (χ0n) is 25.8. The fraction of sp³-hybridized carbons (Fsp3) is 0.515. The van der Waals surface area contributed by atoms with Gasteiger partial charge in [-0.05, 0) is 87.0 Å². The van der Waals surface area contributed by atoms with Crippen molar-refractivity contribution >= 4 is 16.2 Å². The Morgan fingerprint density at radius 3 is 2.33 bits per heavy atom. The summed E-state index contributed by atoms with van der Waals surface area (Å²) in [6, 6.07) is 10.6. The average Bonchev–Trinajstić information content (AvgIpc) is 3.75. The van der Waals surface area contributed by atoms with Crippen LogP contribution in [0.1, 0.15) is 89.2 Å². The van der Waals surface area contributed by atoms with Crippen LogP contribution in [0.25, 0.3) is 22.4 Å². The van der Waals surface area contributed by atoms with Crippen molar-refractivity contribution in [3.8, 4) is 28.1 Å². The summed E-state index contributed by atoms with van der Waals surface area (Å²) in [5, 5.41) is 0. The number of hydrogen-bond donors (Lipinski definition) is 1. The molecule has 1 saturated heterocycles. The van der Waals surface area contributed by atoms with Gasteiger partial charge in [-0.25, -0.2) is 9.78 Å². The molecule has 0 radical (unpaired) electrons. The van der Waals surface area contributed by atoms with Crippen LogP contribution in [0.5, 0.6) is 5.75 Å². The van der Waals surface area contributed by atoms with E-state index >= 15 is 0 Å². The summed E-state index contributed by atoms with van der Waals surface area (Å²) in [5.41, 5.74) is -1.53. The number of likely N-dealkylation sites (tertiary alicyclic amines) is 1. The Morgan fingerprint density at radius 2 is 1.69 bits per heavy atom. The number of ether oxygens (including phenoxy) is 1. The molecule has 0 unspecified atom stereocenters. The van der Waals surface area contributed by atoms with Crippen molar-refractivity contribution in [3.63, 3.8) is 0 Å². The summed E-state index contributed by atoms with van der Waals surface area (Å²) in [6.45, 7) is 8.21. The normalized spacial score (nSPS) is 21.4. The smallest absolute Gasteiger partial charge is 0.444 e. The SMILES string of the molecule is C[C@H]1C[C@@H](c2nc(-c3ccc(-c4ccc(OS(=O)(=O)C(F)(F)F)c5c4C4(CCCC4)CC5)cc3)c[nH]2)N(C(=O)OC(C)(C)C)C1. The maximum absolute atomic E-state index is 13.2. The summed E-state index contributed by atoms with van der Waals surface area (Å²) in [5.74, 6) is 0.748. The predicted molar refractivity (Wildman–Crippen MR) is 163 cm³/mol. The number of fused-ring (bicyclic) bond motifs is 2. The molecule has 1 amide bonds. The quantitative estimate of drug-likeness (QED) is 0.223. The van der Waals surface area contributed by atoms with Crippen LogP contribution >= 0.6 is 0 Å². The molecular weight excluding hydrogens is 607 g/mol. The summed E-state index contributed by atoms with van der Waals surface area (Å²) < 4.78 is 73.6. The van der Waals surface area contributed by atoms with Gasteiger partial charge in [0.25, 0.3) is 0 Å². The standard InChI is InChI=1S/C33H38F3N3O5S/c1-20-17-26(39(19-20)30(40)43-31(2,3)4)29-37-18-25(38-29)22-9-7-21(8-10-22)23-11-12-27(44-45(41,42)33(34,35)36)24-13-16-32(28(23)24)14-5-6-15-32/h7-12,18,20,26H,5-6,13-17,19H2,1-4H3,(H,37,38)/t20-,26-/m0/s1. The number of hydrogen-bond acceptors (Lipinski definition) is 6. The van der Waals surface area contributed by atoms with Gasteiger partial charge in [-0.1, -0.05) is 50.1 Å². The van der Waals surface area contributed by atoms with E-state index in [0.717, 1.165) is 66.5 Å². The molecule has 2 atom stereocenters.